The fourth-order valence-corrected chi connectivity index (χ4v) is 5.26. The number of hydrogen-bond donors (Lipinski definition) is 1. The Hall–Kier alpha value is -2.78. The second-order valence-corrected chi connectivity index (χ2v) is 8.76. The van der Waals surface area contributed by atoms with E-state index in [1.165, 1.54) is 11.3 Å². The third kappa shape index (κ3) is 4.47. The van der Waals surface area contributed by atoms with Gasteiger partial charge < -0.3 is 15.0 Å². The fraction of sp³-hybridized carbons (Fsp3) is 0.455. The lowest BCUT2D eigenvalue weighted by Crippen LogP contribution is -2.45. The van der Waals surface area contributed by atoms with Gasteiger partial charge in [0.15, 0.2) is 5.69 Å². The lowest BCUT2D eigenvalue weighted by molar-refractivity contribution is 0.0602. The summed E-state index contributed by atoms with van der Waals surface area (Å²) in [5, 5.41) is 11.6. The van der Waals surface area contributed by atoms with E-state index < -0.39 is 0 Å². The van der Waals surface area contributed by atoms with Gasteiger partial charge in [0.2, 0.25) is 0 Å². The van der Waals surface area contributed by atoms with Crippen LogP contribution in [-0.2, 0) is 11.2 Å². The van der Waals surface area contributed by atoms with Gasteiger partial charge in [-0.15, -0.1) is 11.3 Å². The molecule has 31 heavy (non-hydrogen) atoms. The molecule has 1 atom stereocenters. The molecule has 2 aromatic heterocycles. The highest BCUT2D eigenvalue weighted by Crippen LogP contribution is 2.34. The summed E-state index contributed by atoms with van der Waals surface area (Å²) in [4.78, 5) is 28.7. The lowest BCUT2D eigenvalue weighted by atomic mass is 9.93. The topological polar surface area (TPSA) is 97.6 Å². The van der Waals surface area contributed by atoms with Crippen molar-refractivity contribution >= 4 is 33.2 Å². The van der Waals surface area contributed by atoms with Crippen LogP contribution in [0.25, 0.3) is 10.1 Å². The largest absolute Gasteiger partial charge is 0.383 e. The van der Waals surface area contributed by atoms with Crippen molar-refractivity contribution in [3.8, 4) is 0 Å². The summed E-state index contributed by atoms with van der Waals surface area (Å²) in [5.74, 6) is -0.257. The van der Waals surface area contributed by atoms with Gasteiger partial charge in [0.05, 0.1) is 11.5 Å². The Morgan fingerprint density at radius 2 is 2.13 bits per heavy atom. The SMILES string of the molecule is COCCNC(=O)c1sc2ccccc2c1C[C@H]1CCCCN1C(=O)c1nonc1C. The number of carbonyl (C=O) groups excluding carboxylic acids is 2. The second kappa shape index (κ2) is 9.57. The van der Waals surface area contributed by atoms with Crippen LogP contribution < -0.4 is 5.32 Å². The van der Waals surface area contributed by atoms with Gasteiger partial charge >= 0.3 is 0 Å². The van der Waals surface area contributed by atoms with Crippen molar-refractivity contribution in [1.29, 1.82) is 0 Å². The summed E-state index contributed by atoms with van der Waals surface area (Å²) >= 11 is 1.49. The number of carbonyl (C=O) groups is 2. The number of piperidine rings is 1. The Labute approximate surface area is 184 Å². The number of nitrogens with zero attached hydrogens (tertiary/aromatic N) is 3. The minimum absolute atomic E-state index is 0.0131. The van der Waals surface area contributed by atoms with Crippen molar-refractivity contribution in [2.24, 2.45) is 0 Å². The molecular formula is C22H26N4O4S. The molecule has 4 rings (SSSR count). The summed E-state index contributed by atoms with van der Waals surface area (Å²) in [6.07, 6.45) is 3.49. The van der Waals surface area contributed by atoms with Crippen LogP contribution in [0.2, 0.25) is 0 Å². The van der Waals surface area contributed by atoms with E-state index in [1.54, 1.807) is 14.0 Å². The maximum Gasteiger partial charge on any atom is 0.278 e. The molecule has 164 valence electrons. The first kappa shape index (κ1) is 21.5. The number of benzene rings is 1. The molecule has 8 nitrogen and oxygen atoms in total. The van der Waals surface area contributed by atoms with Crippen molar-refractivity contribution in [1.82, 2.24) is 20.5 Å². The van der Waals surface area contributed by atoms with E-state index in [9.17, 15) is 9.59 Å². The van der Waals surface area contributed by atoms with E-state index >= 15 is 0 Å². The quantitative estimate of drug-likeness (QED) is 0.565. The number of likely N-dealkylation sites (tertiary alicyclic amines) is 1. The number of hydrogen-bond acceptors (Lipinski definition) is 7. The first-order chi connectivity index (χ1) is 15.1. The van der Waals surface area contributed by atoms with E-state index in [-0.39, 0.29) is 23.6 Å². The van der Waals surface area contributed by atoms with Gasteiger partial charge in [-0.05, 0) is 54.8 Å². The monoisotopic (exact) mass is 442 g/mol. The lowest BCUT2D eigenvalue weighted by Gasteiger charge is -2.35. The van der Waals surface area contributed by atoms with E-state index in [4.69, 9.17) is 9.37 Å². The van der Waals surface area contributed by atoms with Gasteiger partial charge in [0, 0.05) is 30.9 Å². The number of fused-ring (bicyclic) bond motifs is 1. The van der Waals surface area contributed by atoms with Crippen LogP contribution in [0.3, 0.4) is 0 Å². The van der Waals surface area contributed by atoms with Gasteiger partial charge in [-0.2, -0.15) is 0 Å². The fourth-order valence-electron chi connectivity index (χ4n) is 4.11. The zero-order valence-corrected chi connectivity index (χ0v) is 18.5. The average Bonchev–Trinajstić information content (AvgIpc) is 3.37. The molecule has 0 bridgehead atoms. The van der Waals surface area contributed by atoms with Gasteiger partial charge in [0.1, 0.15) is 5.69 Å². The summed E-state index contributed by atoms with van der Waals surface area (Å²) in [7, 11) is 1.61. The highest BCUT2D eigenvalue weighted by atomic mass is 32.1. The van der Waals surface area contributed by atoms with Crippen LogP contribution in [0.5, 0.6) is 0 Å². The van der Waals surface area contributed by atoms with E-state index in [1.807, 2.05) is 29.2 Å². The van der Waals surface area contributed by atoms with Gasteiger partial charge in [-0.25, -0.2) is 4.63 Å². The van der Waals surface area contributed by atoms with Crippen molar-refractivity contribution in [3.63, 3.8) is 0 Å². The molecule has 0 spiro atoms. The molecular weight excluding hydrogens is 416 g/mol. The van der Waals surface area contributed by atoms with E-state index in [2.05, 4.69) is 15.6 Å². The van der Waals surface area contributed by atoms with Crippen molar-refractivity contribution in [2.45, 2.75) is 38.6 Å². The molecule has 0 unspecified atom stereocenters. The summed E-state index contributed by atoms with van der Waals surface area (Å²) < 4.78 is 10.9. The van der Waals surface area contributed by atoms with Gasteiger partial charge in [0.25, 0.3) is 11.8 Å². The van der Waals surface area contributed by atoms with Crippen LogP contribution in [0.15, 0.2) is 28.9 Å². The van der Waals surface area contributed by atoms with Crippen LogP contribution in [0.4, 0.5) is 0 Å². The third-order valence-corrected chi connectivity index (χ3v) is 6.89. The first-order valence-electron chi connectivity index (χ1n) is 10.5. The third-order valence-electron chi connectivity index (χ3n) is 5.68. The van der Waals surface area contributed by atoms with Gasteiger partial charge in [-0.3, -0.25) is 9.59 Å². The number of aromatic nitrogens is 2. The molecule has 1 fully saturated rings. The van der Waals surface area contributed by atoms with E-state index in [0.717, 1.165) is 34.9 Å². The first-order valence-corrected chi connectivity index (χ1v) is 11.3. The normalized spacial score (nSPS) is 16.6. The van der Waals surface area contributed by atoms with Crippen molar-refractivity contribution < 1.29 is 19.0 Å². The Morgan fingerprint density at radius 1 is 1.29 bits per heavy atom. The predicted octanol–water partition coefficient (Wildman–Crippen LogP) is 3.21. The smallest absolute Gasteiger partial charge is 0.278 e. The Morgan fingerprint density at radius 3 is 2.90 bits per heavy atom. The second-order valence-electron chi connectivity index (χ2n) is 7.71. The minimum Gasteiger partial charge on any atom is -0.383 e. The standard InChI is InChI=1S/C22H26N4O4S/c1-14-19(25-30-24-14)22(28)26-11-6-5-7-15(26)13-17-16-8-3-4-9-18(16)31-20(17)21(27)23-10-12-29-2/h3-4,8-9,15H,5-7,10-13H2,1-2H3,(H,23,27)/t15-/m1/s1. The maximum absolute atomic E-state index is 13.2. The number of aryl methyl sites for hydroxylation is 1. The Balaban J connectivity index is 1.64. The number of amides is 2. The average molecular weight is 443 g/mol. The molecule has 1 saturated heterocycles. The Kier molecular flexibility index (Phi) is 6.62. The zero-order chi connectivity index (χ0) is 21.8. The van der Waals surface area contributed by atoms with Crippen LogP contribution >= 0.6 is 11.3 Å². The molecule has 1 aliphatic rings. The summed E-state index contributed by atoms with van der Waals surface area (Å²) in [5.41, 5.74) is 1.75. The number of ether oxygens (including phenoxy) is 1. The molecule has 1 aliphatic heterocycles. The van der Waals surface area contributed by atoms with Crippen LogP contribution in [-0.4, -0.2) is 59.9 Å². The molecule has 3 aromatic rings. The van der Waals surface area contributed by atoms with Crippen molar-refractivity contribution in [3.05, 3.63) is 46.1 Å². The molecule has 3 heterocycles. The molecule has 2 amide bonds. The molecule has 0 aliphatic carbocycles. The zero-order valence-electron chi connectivity index (χ0n) is 17.7. The number of methoxy groups -OCH3 is 1. The number of nitrogens with one attached hydrogen (secondary N) is 1. The molecule has 1 N–H and O–H groups in total. The van der Waals surface area contributed by atoms with Crippen molar-refractivity contribution in [2.75, 3.05) is 26.8 Å². The van der Waals surface area contributed by atoms with Crippen LogP contribution in [0, 0.1) is 6.92 Å². The van der Waals surface area contributed by atoms with E-state index in [0.29, 0.717) is 36.7 Å². The number of rotatable bonds is 7. The van der Waals surface area contributed by atoms with Gasteiger partial charge in [-0.1, -0.05) is 23.4 Å². The van der Waals surface area contributed by atoms with Crippen LogP contribution in [0.1, 0.15) is 50.7 Å². The maximum atomic E-state index is 13.2. The molecule has 0 saturated carbocycles. The molecule has 1 aromatic carbocycles. The molecule has 9 heteroatoms. The predicted molar refractivity (Wildman–Crippen MR) is 117 cm³/mol. The highest BCUT2D eigenvalue weighted by molar-refractivity contribution is 7.21. The Bertz CT molecular complexity index is 1080. The summed E-state index contributed by atoms with van der Waals surface area (Å²) in [6.45, 7) is 3.29. The number of thiophene rings is 1. The minimum atomic E-state index is -0.158. The highest BCUT2D eigenvalue weighted by Gasteiger charge is 2.32. The molecule has 0 radical (unpaired) electrons. The summed E-state index contributed by atoms with van der Waals surface area (Å²) in [6, 6.07) is 8.03.